The molecule has 1 aliphatic heterocycles. The van der Waals surface area contributed by atoms with Crippen molar-refractivity contribution in [2.24, 2.45) is 4.99 Å². The number of H-pyrrole nitrogens is 1. The number of nitrogens with zero attached hydrogens (tertiary/aromatic N) is 2. The number of hydrogen-bond donors (Lipinski definition) is 3. The third-order valence-electron chi connectivity index (χ3n) is 5.63. The Morgan fingerprint density at radius 2 is 1.91 bits per heavy atom. The number of benzene rings is 2. The van der Waals surface area contributed by atoms with Gasteiger partial charge in [-0.25, -0.2) is 4.39 Å². The maximum absolute atomic E-state index is 14.2. The summed E-state index contributed by atoms with van der Waals surface area (Å²) in [6, 6.07) is 8.06. The van der Waals surface area contributed by atoms with Crippen LogP contribution in [0.1, 0.15) is 30.4 Å². The fourth-order valence-corrected chi connectivity index (χ4v) is 4.01. The van der Waals surface area contributed by atoms with Gasteiger partial charge in [0.1, 0.15) is 5.82 Å². The highest BCUT2D eigenvalue weighted by Crippen LogP contribution is 2.37. The summed E-state index contributed by atoms with van der Waals surface area (Å²) in [5, 5.41) is 13.1. The lowest BCUT2D eigenvalue weighted by Gasteiger charge is -2.26. The summed E-state index contributed by atoms with van der Waals surface area (Å²) in [7, 11) is 0. The van der Waals surface area contributed by atoms with Gasteiger partial charge >= 0.3 is 6.18 Å². The van der Waals surface area contributed by atoms with Crippen LogP contribution >= 0.6 is 0 Å². The number of likely N-dealkylation sites (tertiary alicyclic amines) is 1. The van der Waals surface area contributed by atoms with Crippen LogP contribution in [0.3, 0.4) is 0 Å². The van der Waals surface area contributed by atoms with Gasteiger partial charge in [-0.1, -0.05) is 12.5 Å². The monoisotopic (exact) mass is 448 g/mol. The topological polar surface area (TPSA) is 63.6 Å². The molecule has 0 bridgehead atoms. The van der Waals surface area contributed by atoms with E-state index in [4.69, 9.17) is 0 Å². The molecule has 5 nitrogen and oxygen atoms in total. The molecule has 2 heterocycles. The van der Waals surface area contributed by atoms with E-state index in [9.17, 15) is 22.7 Å². The van der Waals surface area contributed by atoms with E-state index in [0.717, 1.165) is 38.2 Å². The van der Waals surface area contributed by atoms with E-state index < -0.39 is 17.6 Å². The number of hydrogen-bond acceptors (Lipinski definition) is 4. The van der Waals surface area contributed by atoms with Crippen LogP contribution in [-0.2, 0) is 6.18 Å². The number of aromatic amines is 1. The van der Waals surface area contributed by atoms with Crippen LogP contribution in [0.25, 0.3) is 10.9 Å². The lowest BCUT2D eigenvalue weighted by Crippen LogP contribution is -2.33. The predicted octanol–water partition coefficient (Wildman–Crippen LogP) is 5.68. The number of aromatic hydroxyl groups is 1. The number of aliphatic imine (C=N–C) groups is 1. The fourth-order valence-electron chi connectivity index (χ4n) is 4.01. The average molecular weight is 448 g/mol. The van der Waals surface area contributed by atoms with Crippen LogP contribution < -0.4 is 5.32 Å². The standard InChI is InChI=1S/C23H24F4N4O/c24-18-5-4-6-20-21(18)16(22(32)30-20)14-29-15-7-8-19(17(13-15)23(25,26)27)28-9-12-31-10-2-1-3-11-31/h4-8,13-14,28,30,32H,1-3,9-12H2. The number of piperidine rings is 1. The Morgan fingerprint density at radius 3 is 2.66 bits per heavy atom. The molecule has 3 N–H and O–H groups in total. The van der Waals surface area contributed by atoms with E-state index in [1.165, 1.54) is 30.7 Å². The van der Waals surface area contributed by atoms with Crippen LogP contribution in [0.4, 0.5) is 28.9 Å². The van der Waals surface area contributed by atoms with Gasteiger partial charge in [0.2, 0.25) is 0 Å². The summed E-state index contributed by atoms with van der Waals surface area (Å²) in [5.41, 5.74) is -0.331. The Labute approximate surface area is 182 Å². The zero-order chi connectivity index (χ0) is 22.7. The molecule has 2 aromatic carbocycles. The number of aromatic nitrogens is 1. The Balaban J connectivity index is 1.54. The Hall–Kier alpha value is -3.07. The minimum absolute atomic E-state index is 0.00514. The number of alkyl halides is 3. The summed E-state index contributed by atoms with van der Waals surface area (Å²) in [5.74, 6) is -0.870. The molecule has 170 valence electrons. The van der Waals surface area contributed by atoms with Crippen LogP contribution in [0.15, 0.2) is 41.4 Å². The molecule has 4 rings (SSSR count). The molecule has 3 aromatic rings. The second kappa shape index (κ2) is 9.20. The second-order valence-corrected chi connectivity index (χ2v) is 7.86. The van der Waals surface area contributed by atoms with Crippen molar-refractivity contribution in [3.63, 3.8) is 0 Å². The van der Waals surface area contributed by atoms with Gasteiger partial charge in [0.05, 0.1) is 22.3 Å². The number of fused-ring (bicyclic) bond motifs is 1. The molecular weight excluding hydrogens is 424 g/mol. The maximum atomic E-state index is 14.2. The molecule has 1 aliphatic rings. The van der Waals surface area contributed by atoms with Gasteiger partial charge in [0, 0.05) is 30.4 Å². The Morgan fingerprint density at radius 1 is 1.12 bits per heavy atom. The summed E-state index contributed by atoms with van der Waals surface area (Å²) in [6.07, 6.45) is 0.0457. The van der Waals surface area contributed by atoms with E-state index in [0.29, 0.717) is 18.6 Å². The van der Waals surface area contributed by atoms with Crippen molar-refractivity contribution in [3.8, 4) is 5.88 Å². The molecule has 1 saturated heterocycles. The highest BCUT2D eigenvalue weighted by atomic mass is 19.4. The minimum Gasteiger partial charge on any atom is -0.494 e. The summed E-state index contributed by atoms with van der Waals surface area (Å²) in [6.45, 7) is 3.04. The normalized spacial score (nSPS) is 15.6. The second-order valence-electron chi connectivity index (χ2n) is 7.86. The third kappa shape index (κ3) is 4.88. The van der Waals surface area contributed by atoms with E-state index in [2.05, 4.69) is 20.2 Å². The Kier molecular flexibility index (Phi) is 6.36. The van der Waals surface area contributed by atoms with E-state index in [-0.39, 0.29) is 28.2 Å². The Bertz CT molecular complexity index is 1120. The zero-order valence-electron chi connectivity index (χ0n) is 17.3. The van der Waals surface area contributed by atoms with Gasteiger partial charge in [0.25, 0.3) is 0 Å². The fraction of sp³-hybridized carbons (Fsp3) is 0.348. The number of rotatable bonds is 6. The average Bonchev–Trinajstić information content (AvgIpc) is 3.09. The summed E-state index contributed by atoms with van der Waals surface area (Å²) in [4.78, 5) is 8.94. The molecule has 0 amide bonds. The molecular formula is C23H24F4N4O. The lowest BCUT2D eigenvalue weighted by atomic mass is 10.1. The molecule has 1 fully saturated rings. The smallest absolute Gasteiger partial charge is 0.418 e. The van der Waals surface area contributed by atoms with Crippen LogP contribution in [0.5, 0.6) is 5.88 Å². The molecule has 0 unspecified atom stereocenters. The van der Waals surface area contributed by atoms with Gasteiger partial charge in [-0.3, -0.25) is 4.99 Å². The van der Waals surface area contributed by atoms with Gasteiger partial charge in [-0.2, -0.15) is 13.2 Å². The van der Waals surface area contributed by atoms with Crippen LogP contribution in [0.2, 0.25) is 0 Å². The zero-order valence-corrected chi connectivity index (χ0v) is 17.3. The molecule has 1 aromatic heterocycles. The van der Waals surface area contributed by atoms with E-state index >= 15 is 0 Å². The van der Waals surface area contributed by atoms with Crippen LogP contribution in [0, 0.1) is 5.82 Å². The largest absolute Gasteiger partial charge is 0.494 e. The minimum atomic E-state index is -4.56. The maximum Gasteiger partial charge on any atom is 0.418 e. The van der Waals surface area contributed by atoms with Crippen molar-refractivity contribution in [1.29, 1.82) is 0 Å². The van der Waals surface area contributed by atoms with E-state index in [1.54, 1.807) is 6.07 Å². The number of halogens is 4. The molecule has 32 heavy (non-hydrogen) atoms. The third-order valence-corrected chi connectivity index (χ3v) is 5.63. The number of anilines is 1. The van der Waals surface area contributed by atoms with Gasteiger partial charge in [0.15, 0.2) is 5.88 Å². The van der Waals surface area contributed by atoms with Crippen molar-refractivity contribution >= 4 is 28.5 Å². The lowest BCUT2D eigenvalue weighted by molar-refractivity contribution is -0.136. The predicted molar refractivity (Wildman–Crippen MR) is 117 cm³/mol. The van der Waals surface area contributed by atoms with E-state index in [1.807, 2.05) is 0 Å². The molecule has 0 atom stereocenters. The first-order valence-corrected chi connectivity index (χ1v) is 10.5. The molecule has 0 spiro atoms. The SMILES string of the molecule is Oc1[nH]c2cccc(F)c2c1C=Nc1ccc(NCCN2CCCCC2)c(C(F)(F)F)c1. The molecule has 0 saturated carbocycles. The van der Waals surface area contributed by atoms with Crippen LogP contribution in [-0.4, -0.2) is 47.4 Å². The van der Waals surface area contributed by atoms with Crippen molar-refractivity contribution in [3.05, 3.63) is 53.3 Å². The first-order chi connectivity index (χ1) is 15.3. The highest BCUT2D eigenvalue weighted by molar-refractivity contribution is 6.02. The van der Waals surface area contributed by atoms with Crippen molar-refractivity contribution in [2.45, 2.75) is 25.4 Å². The quantitative estimate of drug-likeness (QED) is 0.336. The van der Waals surface area contributed by atoms with Gasteiger partial charge < -0.3 is 20.3 Å². The highest BCUT2D eigenvalue weighted by Gasteiger charge is 2.34. The van der Waals surface area contributed by atoms with Crippen molar-refractivity contribution in [2.75, 3.05) is 31.5 Å². The number of nitrogens with one attached hydrogen (secondary N) is 2. The molecule has 0 radical (unpaired) electrons. The van der Waals surface area contributed by atoms with Crippen molar-refractivity contribution in [1.82, 2.24) is 9.88 Å². The van der Waals surface area contributed by atoms with Gasteiger partial charge in [-0.15, -0.1) is 0 Å². The first kappa shape index (κ1) is 22.1. The summed E-state index contributed by atoms with van der Waals surface area (Å²) < 4.78 is 55.1. The summed E-state index contributed by atoms with van der Waals surface area (Å²) >= 11 is 0. The first-order valence-electron chi connectivity index (χ1n) is 10.5. The van der Waals surface area contributed by atoms with Gasteiger partial charge in [-0.05, 0) is 56.3 Å². The van der Waals surface area contributed by atoms with Crippen molar-refractivity contribution < 1.29 is 22.7 Å². The molecule has 9 heteroatoms. The molecule has 0 aliphatic carbocycles.